The molecule has 0 bridgehead atoms. The lowest BCUT2D eigenvalue weighted by molar-refractivity contribution is -0.122. The van der Waals surface area contributed by atoms with Crippen molar-refractivity contribution in [1.82, 2.24) is 4.90 Å². The van der Waals surface area contributed by atoms with E-state index in [4.69, 9.17) is 12.2 Å². The molecular weight excluding hydrogens is 380 g/mol. The normalized spacial score (nSPS) is 15.4. The maximum atomic E-state index is 12.6. The van der Waals surface area contributed by atoms with E-state index in [1.54, 1.807) is 30.3 Å². The van der Waals surface area contributed by atoms with Gasteiger partial charge in [-0.2, -0.15) is 0 Å². The number of amides is 2. The van der Waals surface area contributed by atoms with Gasteiger partial charge >= 0.3 is 0 Å². The summed E-state index contributed by atoms with van der Waals surface area (Å²) in [5.74, 6) is -0.210. The predicted molar refractivity (Wildman–Crippen MR) is 112 cm³/mol. The molecule has 2 aromatic rings. The molecular formula is C20H18N2O3S2. The Kier molecular flexibility index (Phi) is 5.93. The third-order valence-electron chi connectivity index (χ3n) is 3.93. The van der Waals surface area contributed by atoms with Crippen LogP contribution in [0.5, 0.6) is 5.75 Å². The molecule has 1 fully saturated rings. The number of thioether (sulfide) groups is 1. The summed E-state index contributed by atoms with van der Waals surface area (Å²) >= 11 is 6.50. The third kappa shape index (κ3) is 4.96. The second kappa shape index (κ2) is 8.37. The summed E-state index contributed by atoms with van der Waals surface area (Å²) in [6, 6.07) is 14.1. The van der Waals surface area contributed by atoms with Crippen molar-refractivity contribution in [2.75, 3.05) is 11.9 Å². The number of hydrogen-bond donors (Lipinski definition) is 2. The third-order valence-corrected chi connectivity index (χ3v) is 5.31. The van der Waals surface area contributed by atoms with Gasteiger partial charge in [0.2, 0.25) is 5.91 Å². The molecule has 0 spiro atoms. The highest BCUT2D eigenvalue weighted by Gasteiger charge is 2.32. The van der Waals surface area contributed by atoms with E-state index in [2.05, 4.69) is 5.32 Å². The molecule has 0 saturated carbocycles. The molecule has 0 radical (unpaired) electrons. The molecule has 2 amide bonds. The smallest absolute Gasteiger partial charge is 0.266 e. The zero-order valence-electron chi connectivity index (χ0n) is 14.6. The minimum absolute atomic E-state index is 0.160. The summed E-state index contributed by atoms with van der Waals surface area (Å²) in [5.41, 5.74) is 2.59. The Hall–Kier alpha value is -2.64. The van der Waals surface area contributed by atoms with Gasteiger partial charge in [-0.15, -0.1) is 0 Å². The minimum atomic E-state index is -0.207. The van der Waals surface area contributed by atoms with Gasteiger partial charge in [-0.1, -0.05) is 48.2 Å². The van der Waals surface area contributed by atoms with Crippen molar-refractivity contribution in [3.05, 3.63) is 64.6 Å². The van der Waals surface area contributed by atoms with E-state index in [1.807, 2.05) is 31.2 Å². The number of phenolic OH excluding ortho intramolecular Hbond substituents is 1. The van der Waals surface area contributed by atoms with Crippen LogP contribution < -0.4 is 5.32 Å². The summed E-state index contributed by atoms with van der Waals surface area (Å²) in [6.45, 7) is 2.19. The van der Waals surface area contributed by atoms with Crippen molar-refractivity contribution in [3.63, 3.8) is 0 Å². The average Bonchev–Trinajstić information content (AvgIpc) is 2.88. The van der Waals surface area contributed by atoms with E-state index in [0.29, 0.717) is 9.23 Å². The van der Waals surface area contributed by atoms with Crippen LogP contribution in [0.15, 0.2) is 53.4 Å². The molecule has 0 aliphatic carbocycles. The first-order valence-corrected chi connectivity index (χ1v) is 9.56. The van der Waals surface area contributed by atoms with Crippen LogP contribution in [0.4, 0.5) is 5.69 Å². The Balaban J connectivity index is 1.60. The number of aryl methyl sites for hydroxylation is 1. The number of nitrogens with one attached hydrogen (secondary N) is 1. The number of carbonyl (C=O) groups excluding carboxylic acids is 2. The van der Waals surface area contributed by atoms with Crippen LogP contribution in [0.25, 0.3) is 6.08 Å². The molecule has 1 aliphatic heterocycles. The molecule has 0 aromatic heterocycles. The highest BCUT2D eigenvalue weighted by molar-refractivity contribution is 8.26. The fourth-order valence-electron chi connectivity index (χ4n) is 2.57. The first kappa shape index (κ1) is 19.1. The second-order valence-corrected chi connectivity index (χ2v) is 7.77. The van der Waals surface area contributed by atoms with E-state index in [9.17, 15) is 14.7 Å². The molecule has 7 heteroatoms. The highest BCUT2D eigenvalue weighted by Crippen LogP contribution is 2.32. The molecule has 0 atom stereocenters. The Morgan fingerprint density at radius 2 is 2.00 bits per heavy atom. The Bertz CT molecular complexity index is 923. The van der Waals surface area contributed by atoms with Gasteiger partial charge < -0.3 is 10.4 Å². The van der Waals surface area contributed by atoms with E-state index in [0.717, 1.165) is 16.8 Å². The van der Waals surface area contributed by atoms with E-state index in [1.165, 1.54) is 16.7 Å². The number of benzene rings is 2. The number of aromatic hydroxyl groups is 1. The van der Waals surface area contributed by atoms with E-state index >= 15 is 0 Å². The average molecular weight is 399 g/mol. The predicted octanol–water partition coefficient (Wildman–Crippen LogP) is 3.93. The molecule has 1 saturated heterocycles. The van der Waals surface area contributed by atoms with Gasteiger partial charge in [0.15, 0.2) is 0 Å². The fourth-order valence-corrected chi connectivity index (χ4v) is 3.88. The Morgan fingerprint density at radius 1 is 1.26 bits per heavy atom. The van der Waals surface area contributed by atoms with Crippen LogP contribution in [-0.2, 0) is 9.59 Å². The topological polar surface area (TPSA) is 69.6 Å². The maximum absolute atomic E-state index is 12.6. The van der Waals surface area contributed by atoms with Crippen LogP contribution in [0, 0.1) is 6.92 Å². The molecule has 3 rings (SSSR count). The number of nitrogens with zero attached hydrogens (tertiary/aromatic N) is 1. The van der Waals surface area contributed by atoms with Crippen LogP contribution in [0.2, 0.25) is 0 Å². The van der Waals surface area contributed by atoms with Crippen molar-refractivity contribution in [1.29, 1.82) is 0 Å². The summed E-state index contributed by atoms with van der Waals surface area (Å²) in [4.78, 5) is 26.7. The molecule has 1 heterocycles. The zero-order valence-corrected chi connectivity index (χ0v) is 16.3. The summed E-state index contributed by atoms with van der Waals surface area (Å²) in [5, 5.41) is 12.2. The van der Waals surface area contributed by atoms with Crippen LogP contribution >= 0.6 is 24.0 Å². The number of phenols is 1. The van der Waals surface area contributed by atoms with Gasteiger partial charge in [0.05, 0.1) is 4.91 Å². The second-order valence-electron chi connectivity index (χ2n) is 6.09. The molecule has 27 heavy (non-hydrogen) atoms. The largest absolute Gasteiger partial charge is 0.508 e. The van der Waals surface area contributed by atoms with Gasteiger partial charge in [0.25, 0.3) is 5.91 Å². The molecule has 138 valence electrons. The van der Waals surface area contributed by atoms with Crippen molar-refractivity contribution < 1.29 is 14.7 Å². The molecule has 1 aliphatic rings. The van der Waals surface area contributed by atoms with Crippen molar-refractivity contribution in [2.24, 2.45) is 0 Å². The SMILES string of the molecule is Cc1cccc(NC(=O)CCN2C(=O)/C(=C/c3ccc(O)cc3)SC2=S)c1. The maximum Gasteiger partial charge on any atom is 0.266 e. The zero-order chi connectivity index (χ0) is 19.4. The van der Waals surface area contributed by atoms with Crippen LogP contribution in [-0.4, -0.2) is 32.7 Å². The first-order valence-electron chi connectivity index (χ1n) is 8.33. The van der Waals surface area contributed by atoms with Gasteiger partial charge in [0, 0.05) is 18.7 Å². The molecule has 2 N–H and O–H groups in total. The highest BCUT2D eigenvalue weighted by atomic mass is 32.2. The van der Waals surface area contributed by atoms with Gasteiger partial charge in [-0.05, 0) is 48.4 Å². The lowest BCUT2D eigenvalue weighted by Crippen LogP contribution is -2.31. The molecule has 5 nitrogen and oxygen atoms in total. The first-order chi connectivity index (χ1) is 12.9. The number of carbonyl (C=O) groups is 2. The molecule has 2 aromatic carbocycles. The van der Waals surface area contributed by atoms with Crippen molar-refractivity contribution in [3.8, 4) is 5.75 Å². The standard InChI is InChI=1S/C20H18N2O3S2/c1-13-3-2-4-15(11-13)21-18(24)9-10-22-19(25)17(27-20(22)26)12-14-5-7-16(23)8-6-14/h2-8,11-12,23H,9-10H2,1H3,(H,21,24)/b17-12-. The summed E-state index contributed by atoms with van der Waals surface area (Å²) in [7, 11) is 0. The van der Waals surface area contributed by atoms with E-state index < -0.39 is 0 Å². The van der Waals surface area contributed by atoms with Crippen LogP contribution in [0.1, 0.15) is 17.5 Å². The monoisotopic (exact) mass is 398 g/mol. The van der Waals surface area contributed by atoms with Crippen molar-refractivity contribution in [2.45, 2.75) is 13.3 Å². The van der Waals surface area contributed by atoms with Gasteiger partial charge in [0.1, 0.15) is 10.1 Å². The Labute approximate surface area is 167 Å². The number of anilines is 1. The van der Waals surface area contributed by atoms with Crippen molar-refractivity contribution >= 4 is 51.9 Å². The number of hydrogen-bond acceptors (Lipinski definition) is 5. The fraction of sp³-hybridized carbons (Fsp3) is 0.150. The van der Waals surface area contributed by atoms with Gasteiger partial charge in [-0.3, -0.25) is 14.5 Å². The lowest BCUT2D eigenvalue weighted by atomic mass is 10.2. The van der Waals surface area contributed by atoms with Crippen LogP contribution in [0.3, 0.4) is 0 Å². The van der Waals surface area contributed by atoms with E-state index in [-0.39, 0.29) is 30.5 Å². The summed E-state index contributed by atoms with van der Waals surface area (Å²) in [6.07, 6.45) is 1.89. The lowest BCUT2D eigenvalue weighted by Gasteiger charge is -2.14. The molecule has 0 unspecified atom stereocenters. The minimum Gasteiger partial charge on any atom is -0.508 e. The summed E-state index contributed by atoms with van der Waals surface area (Å²) < 4.78 is 0.438. The number of thiocarbonyl (C=S) groups is 1. The van der Waals surface area contributed by atoms with Gasteiger partial charge in [-0.25, -0.2) is 0 Å². The number of rotatable bonds is 5. The Morgan fingerprint density at radius 3 is 2.70 bits per heavy atom. The quantitative estimate of drug-likeness (QED) is 0.590.